The van der Waals surface area contributed by atoms with Gasteiger partial charge in [0, 0.05) is 11.1 Å². The summed E-state index contributed by atoms with van der Waals surface area (Å²) < 4.78 is 0. The van der Waals surface area contributed by atoms with Gasteiger partial charge in [-0.3, -0.25) is 4.79 Å². The quantitative estimate of drug-likeness (QED) is 0.740. The van der Waals surface area contributed by atoms with Gasteiger partial charge in [0.05, 0.1) is 0 Å². The van der Waals surface area contributed by atoms with Crippen molar-refractivity contribution in [3.8, 4) is 0 Å². The van der Waals surface area contributed by atoms with Crippen molar-refractivity contribution in [2.75, 3.05) is 0 Å². The molecule has 0 N–H and O–H groups in total. The second-order valence-electron chi connectivity index (χ2n) is 5.13. The summed E-state index contributed by atoms with van der Waals surface area (Å²) in [4.78, 5) is 12.5. The Morgan fingerprint density at radius 1 is 0.895 bits per heavy atom. The number of aryl methyl sites for hydroxylation is 4. The number of carbonyl (C=O) groups excluding carboxylic acids is 1. The van der Waals surface area contributed by atoms with Crippen molar-refractivity contribution < 1.29 is 4.79 Å². The van der Waals surface area contributed by atoms with E-state index in [0.29, 0.717) is 0 Å². The van der Waals surface area contributed by atoms with E-state index in [1.54, 1.807) is 0 Å². The lowest BCUT2D eigenvalue weighted by molar-refractivity contribution is 0.103. The molecule has 2 aromatic carbocycles. The van der Waals surface area contributed by atoms with Gasteiger partial charge in [0.1, 0.15) is 0 Å². The molecule has 0 saturated carbocycles. The zero-order valence-electron chi connectivity index (χ0n) is 12.1. The van der Waals surface area contributed by atoms with Gasteiger partial charge in [0.2, 0.25) is 0 Å². The molecule has 0 amide bonds. The molecule has 0 spiro atoms. The lowest BCUT2D eigenvalue weighted by Gasteiger charge is -2.09. The molecule has 0 unspecified atom stereocenters. The van der Waals surface area contributed by atoms with Crippen LogP contribution in [0, 0.1) is 20.8 Å². The molecule has 98 valence electrons. The molecule has 0 heterocycles. The van der Waals surface area contributed by atoms with Crippen LogP contribution in [-0.4, -0.2) is 5.78 Å². The summed E-state index contributed by atoms with van der Waals surface area (Å²) in [5.41, 5.74) is 6.28. The largest absolute Gasteiger partial charge is 0.289 e. The average molecular weight is 252 g/mol. The zero-order valence-corrected chi connectivity index (χ0v) is 12.1. The van der Waals surface area contributed by atoms with Crippen LogP contribution < -0.4 is 0 Å². The predicted molar refractivity (Wildman–Crippen MR) is 79.9 cm³/mol. The summed E-state index contributed by atoms with van der Waals surface area (Å²) in [6.45, 7) is 8.24. The topological polar surface area (TPSA) is 17.1 Å². The fourth-order valence-corrected chi connectivity index (χ4v) is 2.25. The highest BCUT2D eigenvalue weighted by Crippen LogP contribution is 2.19. The average Bonchev–Trinajstić information content (AvgIpc) is 2.42. The molecule has 0 aromatic heterocycles. The third-order valence-corrected chi connectivity index (χ3v) is 3.71. The third-order valence-electron chi connectivity index (χ3n) is 3.71. The van der Waals surface area contributed by atoms with E-state index in [9.17, 15) is 4.79 Å². The van der Waals surface area contributed by atoms with Crippen LogP contribution in [0.4, 0.5) is 0 Å². The summed E-state index contributed by atoms with van der Waals surface area (Å²) in [6.07, 6.45) is 0.997. The van der Waals surface area contributed by atoms with Crippen LogP contribution >= 0.6 is 0 Å². The van der Waals surface area contributed by atoms with Crippen LogP contribution in [0.3, 0.4) is 0 Å². The minimum Gasteiger partial charge on any atom is -0.289 e. The van der Waals surface area contributed by atoms with Gasteiger partial charge in [-0.2, -0.15) is 0 Å². The molecular formula is C18H20O. The van der Waals surface area contributed by atoms with Crippen molar-refractivity contribution in [1.29, 1.82) is 0 Å². The van der Waals surface area contributed by atoms with Gasteiger partial charge >= 0.3 is 0 Å². The Labute approximate surface area is 115 Å². The fraction of sp³-hybridized carbons (Fsp3) is 0.278. The lowest BCUT2D eigenvalue weighted by atomic mass is 9.94. The monoisotopic (exact) mass is 252 g/mol. The van der Waals surface area contributed by atoms with E-state index in [-0.39, 0.29) is 5.78 Å². The van der Waals surface area contributed by atoms with Gasteiger partial charge in [-0.1, -0.05) is 37.3 Å². The van der Waals surface area contributed by atoms with Crippen molar-refractivity contribution in [1.82, 2.24) is 0 Å². The van der Waals surface area contributed by atoms with Gasteiger partial charge in [-0.05, 0) is 55.5 Å². The summed E-state index contributed by atoms with van der Waals surface area (Å²) in [5.74, 6) is 0.114. The van der Waals surface area contributed by atoms with Crippen molar-refractivity contribution in [3.63, 3.8) is 0 Å². The van der Waals surface area contributed by atoms with Crippen LogP contribution in [0.15, 0.2) is 36.4 Å². The third kappa shape index (κ3) is 2.76. The standard InChI is InChI=1S/C18H20O/c1-5-15-6-8-16(9-7-15)18(19)17-11-13(3)12(2)10-14(17)4/h6-11H,5H2,1-4H3. The van der Waals surface area contributed by atoms with E-state index >= 15 is 0 Å². The lowest BCUT2D eigenvalue weighted by Crippen LogP contribution is -2.05. The van der Waals surface area contributed by atoms with Gasteiger partial charge in [-0.25, -0.2) is 0 Å². The Kier molecular flexibility index (Phi) is 3.84. The van der Waals surface area contributed by atoms with Crippen LogP contribution in [0.2, 0.25) is 0 Å². The molecule has 0 saturated heterocycles. The molecule has 19 heavy (non-hydrogen) atoms. The highest BCUT2D eigenvalue weighted by Gasteiger charge is 2.12. The van der Waals surface area contributed by atoms with Crippen molar-refractivity contribution in [3.05, 3.63) is 69.8 Å². The zero-order chi connectivity index (χ0) is 14.0. The Morgan fingerprint density at radius 2 is 1.47 bits per heavy atom. The van der Waals surface area contributed by atoms with Crippen LogP contribution in [0.1, 0.15) is 45.1 Å². The van der Waals surface area contributed by atoms with Crippen molar-refractivity contribution in [2.24, 2.45) is 0 Å². The van der Waals surface area contributed by atoms with E-state index in [1.165, 1.54) is 16.7 Å². The minimum absolute atomic E-state index is 0.114. The van der Waals surface area contributed by atoms with E-state index < -0.39 is 0 Å². The van der Waals surface area contributed by atoms with Gasteiger partial charge < -0.3 is 0 Å². The SMILES string of the molecule is CCc1ccc(C(=O)c2cc(C)c(C)cc2C)cc1. The molecule has 0 radical (unpaired) electrons. The van der Waals surface area contributed by atoms with E-state index in [1.807, 2.05) is 44.2 Å². The maximum atomic E-state index is 12.5. The fourth-order valence-electron chi connectivity index (χ4n) is 2.25. The molecular weight excluding hydrogens is 232 g/mol. The predicted octanol–water partition coefficient (Wildman–Crippen LogP) is 4.41. The first kappa shape index (κ1) is 13.5. The molecule has 2 aromatic rings. The first-order chi connectivity index (χ1) is 9.02. The second-order valence-corrected chi connectivity index (χ2v) is 5.13. The van der Waals surface area contributed by atoms with Crippen LogP contribution in [0.5, 0.6) is 0 Å². The number of carbonyl (C=O) groups is 1. The van der Waals surface area contributed by atoms with E-state index in [2.05, 4.69) is 19.9 Å². The molecule has 0 fully saturated rings. The maximum Gasteiger partial charge on any atom is 0.193 e. The van der Waals surface area contributed by atoms with Gasteiger partial charge in [-0.15, -0.1) is 0 Å². The van der Waals surface area contributed by atoms with E-state index in [0.717, 1.165) is 23.1 Å². The van der Waals surface area contributed by atoms with Gasteiger partial charge in [0.25, 0.3) is 0 Å². The molecule has 1 heteroatoms. The Hall–Kier alpha value is -1.89. The van der Waals surface area contributed by atoms with Crippen molar-refractivity contribution in [2.45, 2.75) is 34.1 Å². The number of hydrogen-bond donors (Lipinski definition) is 0. The summed E-state index contributed by atoms with van der Waals surface area (Å²) in [7, 11) is 0. The highest BCUT2D eigenvalue weighted by atomic mass is 16.1. The van der Waals surface area contributed by atoms with Crippen LogP contribution in [-0.2, 0) is 6.42 Å². The Balaban J connectivity index is 2.40. The summed E-state index contributed by atoms with van der Waals surface area (Å²) in [5, 5.41) is 0. The Morgan fingerprint density at radius 3 is 2.05 bits per heavy atom. The van der Waals surface area contributed by atoms with Gasteiger partial charge in [0.15, 0.2) is 5.78 Å². The van der Waals surface area contributed by atoms with E-state index in [4.69, 9.17) is 0 Å². The normalized spacial score (nSPS) is 10.5. The molecule has 1 nitrogen and oxygen atoms in total. The molecule has 2 rings (SSSR count). The van der Waals surface area contributed by atoms with Crippen molar-refractivity contribution >= 4 is 5.78 Å². The number of ketones is 1. The molecule has 0 aliphatic rings. The molecule has 0 bridgehead atoms. The summed E-state index contributed by atoms with van der Waals surface area (Å²) in [6, 6.07) is 12.0. The highest BCUT2D eigenvalue weighted by molar-refractivity contribution is 6.10. The number of hydrogen-bond acceptors (Lipinski definition) is 1. The number of rotatable bonds is 3. The molecule has 0 atom stereocenters. The first-order valence-corrected chi connectivity index (χ1v) is 6.74. The molecule has 0 aliphatic carbocycles. The number of benzene rings is 2. The first-order valence-electron chi connectivity index (χ1n) is 6.74. The summed E-state index contributed by atoms with van der Waals surface area (Å²) >= 11 is 0. The maximum absolute atomic E-state index is 12.5. The minimum atomic E-state index is 0.114. The smallest absolute Gasteiger partial charge is 0.193 e. The second kappa shape index (κ2) is 5.40. The molecule has 0 aliphatic heterocycles. The van der Waals surface area contributed by atoms with Crippen LogP contribution in [0.25, 0.3) is 0 Å². The Bertz CT molecular complexity index is 606.